The zero-order valence-electron chi connectivity index (χ0n) is 16.5. The predicted octanol–water partition coefficient (Wildman–Crippen LogP) is 3.39. The molecule has 0 amide bonds. The van der Waals surface area contributed by atoms with Gasteiger partial charge in [-0.2, -0.15) is 4.31 Å². The zero-order chi connectivity index (χ0) is 21.1. The minimum atomic E-state index is -3.62. The Kier molecular flexibility index (Phi) is 6.03. The average molecular weight is 448 g/mol. The van der Waals surface area contributed by atoms with E-state index >= 15 is 0 Å². The van der Waals surface area contributed by atoms with Crippen LogP contribution in [-0.4, -0.2) is 51.0 Å². The summed E-state index contributed by atoms with van der Waals surface area (Å²) >= 11 is 1.57. The van der Waals surface area contributed by atoms with Crippen molar-refractivity contribution in [2.45, 2.75) is 11.3 Å². The van der Waals surface area contributed by atoms with Crippen LogP contribution in [-0.2, 0) is 16.4 Å². The summed E-state index contributed by atoms with van der Waals surface area (Å²) in [5.74, 6) is 0.369. The average Bonchev–Trinajstić information content (AvgIpc) is 3.23. The van der Waals surface area contributed by atoms with Crippen molar-refractivity contribution < 1.29 is 17.5 Å². The number of hydrogen-bond donors (Lipinski definition) is 0. The second kappa shape index (κ2) is 8.71. The number of sulfonamides is 1. The molecule has 1 saturated heterocycles. The molecule has 1 aliphatic heterocycles. The topological polar surface area (TPSA) is 62.7 Å². The molecule has 0 atom stereocenters. The van der Waals surface area contributed by atoms with Crippen molar-refractivity contribution in [1.29, 1.82) is 0 Å². The molecule has 2 heterocycles. The van der Waals surface area contributed by atoms with E-state index < -0.39 is 15.8 Å². The van der Waals surface area contributed by atoms with Gasteiger partial charge in [0.05, 0.1) is 17.7 Å². The maximum Gasteiger partial charge on any atom is 0.243 e. The molecule has 0 saturated carbocycles. The van der Waals surface area contributed by atoms with Crippen LogP contribution in [0.15, 0.2) is 58.8 Å². The molecule has 1 aliphatic rings. The molecule has 0 unspecified atom stereocenters. The summed E-state index contributed by atoms with van der Waals surface area (Å²) in [5, 5.41) is 2.93. The maximum absolute atomic E-state index is 13.1. The number of anilines is 1. The van der Waals surface area contributed by atoms with E-state index in [0.29, 0.717) is 32.6 Å². The molecular formula is C21H22FN3O3S2. The molecule has 4 rings (SSSR count). The van der Waals surface area contributed by atoms with E-state index in [2.05, 4.69) is 4.90 Å². The molecule has 3 aromatic rings. The summed E-state index contributed by atoms with van der Waals surface area (Å²) < 4.78 is 45.3. The molecule has 0 N–H and O–H groups in total. The first-order valence-electron chi connectivity index (χ1n) is 9.54. The first-order valence-corrected chi connectivity index (χ1v) is 11.9. The molecular weight excluding hydrogens is 425 g/mol. The molecule has 158 valence electrons. The smallest absolute Gasteiger partial charge is 0.243 e. The number of aromatic nitrogens is 1. The van der Waals surface area contributed by atoms with Crippen molar-refractivity contribution in [3.63, 3.8) is 0 Å². The lowest BCUT2D eigenvalue weighted by molar-refractivity contribution is 0.384. The minimum Gasteiger partial charge on any atom is -0.497 e. The van der Waals surface area contributed by atoms with Gasteiger partial charge in [-0.15, -0.1) is 11.3 Å². The summed E-state index contributed by atoms with van der Waals surface area (Å²) in [6, 6.07) is 12.9. The third-order valence-electron chi connectivity index (χ3n) is 5.02. The van der Waals surface area contributed by atoms with Gasteiger partial charge >= 0.3 is 0 Å². The van der Waals surface area contributed by atoms with Crippen molar-refractivity contribution in [3.8, 4) is 5.75 Å². The fourth-order valence-corrected chi connectivity index (χ4v) is 5.69. The van der Waals surface area contributed by atoms with Gasteiger partial charge in [0.15, 0.2) is 5.13 Å². The molecule has 1 aromatic heterocycles. The highest BCUT2D eigenvalue weighted by Gasteiger charge is 2.29. The first-order chi connectivity index (χ1) is 14.5. The highest BCUT2D eigenvalue weighted by Crippen LogP contribution is 2.26. The minimum absolute atomic E-state index is 0.118. The Balaban J connectivity index is 1.39. The quantitative estimate of drug-likeness (QED) is 0.580. The molecule has 9 heteroatoms. The van der Waals surface area contributed by atoms with E-state index in [1.807, 2.05) is 29.6 Å². The summed E-state index contributed by atoms with van der Waals surface area (Å²) in [4.78, 5) is 6.96. The van der Waals surface area contributed by atoms with Crippen LogP contribution in [0.4, 0.5) is 9.52 Å². The summed E-state index contributed by atoms with van der Waals surface area (Å²) in [5.41, 5.74) is 2.10. The molecule has 30 heavy (non-hydrogen) atoms. The SMILES string of the molecule is COc1cccc(Cc2csc(N3CCN(S(=O)(=O)c4ccc(F)cc4)CC3)n2)c1. The van der Waals surface area contributed by atoms with Crippen LogP contribution in [0.2, 0.25) is 0 Å². The van der Waals surface area contributed by atoms with Gasteiger partial charge in [-0.05, 0) is 42.0 Å². The van der Waals surface area contributed by atoms with Crippen LogP contribution in [0, 0.1) is 5.82 Å². The fourth-order valence-electron chi connectivity index (χ4n) is 3.39. The van der Waals surface area contributed by atoms with Crippen molar-refractivity contribution >= 4 is 26.5 Å². The lowest BCUT2D eigenvalue weighted by atomic mass is 10.1. The lowest BCUT2D eigenvalue weighted by Crippen LogP contribution is -2.48. The highest BCUT2D eigenvalue weighted by molar-refractivity contribution is 7.89. The third-order valence-corrected chi connectivity index (χ3v) is 7.88. The van der Waals surface area contributed by atoms with Crippen molar-refractivity contribution in [2.24, 2.45) is 0 Å². The van der Waals surface area contributed by atoms with Crippen LogP contribution in [0.1, 0.15) is 11.3 Å². The molecule has 0 spiro atoms. The Labute approximate surface area is 179 Å². The normalized spacial score (nSPS) is 15.3. The number of halogens is 1. The van der Waals surface area contributed by atoms with E-state index in [-0.39, 0.29) is 4.90 Å². The van der Waals surface area contributed by atoms with Gasteiger partial charge in [-0.1, -0.05) is 12.1 Å². The number of benzene rings is 2. The second-order valence-electron chi connectivity index (χ2n) is 6.99. The van der Waals surface area contributed by atoms with Crippen LogP contribution >= 0.6 is 11.3 Å². The summed E-state index contributed by atoms with van der Waals surface area (Å²) in [7, 11) is -1.97. The Morgan fingerprint density at radius 2 is 1.83 bits per heavy atom. The predicted molar refractivity (Wildman–Crippen MR) is 115 cm³/mol. The second-order valence-corrected chi connectivity index (χ2v) is 9.77. The number of methoxy groups -OCH3 is 1. The Hall–Kier alpha value is -2.49. The largest absolute Gasteiger partial charge is 0.497 e. The molecule has 2 aromatic carbocycles. The highest BCUT2D eigenvalue weighted by atomic mass is 32.2. The first kappa shape index (κ1) is 20.8. The van der Waals surface area contributed by atoms with Crippen molar-refractivity contribution in [1.82, 2.24) is 9.29 Å². The monoisotopic (exact) mass is 447 g/mol. The van der Waals surface area contributed by atoms with Gasteiger partial charge in [0.2, 0.25) is 10.0 Å². The van der Waals surface area contributed by atoms with Gasteiger partial charge in [-0.25, -0.2) is 17.8 Å². The number of rotatable bonds is 6. The van der Waals surface area contributed by atoms with E-state index in [0.717, 1.165) is 22.1 Å². The number of thiazole rings is 1. The van der Waals surface area contributed by atoms with E-state index in [4.69, 9.17) is 9.72 Å². The number of piperazine rings is 1. The number of hydrogen-bond acceptors (Lipinski definition) is 6. The summed E-state index contributed by atoms with van der Waals surface area (Å²) in [6.45, 7) is 1.86. The van der Waals surface area contributed by atoms with Gasteiger partial charge < -0.3 is 9.64 Å². The van der Waals surface area contributed by atoms with E-state index in [1.54, 1.807) is 18.4 Å². The number of nitrogens with zero attached hydrogens (tertiary/aromatic N) is 3. The lowest BCUT2D eigenvalue weighted by Gasteiger charge is -2.33. The maximum atomic E-state index is 13.1. The van der Waals surface area contributed by atoms with Gasteiger partial charge in [0.1, 0.15) is 11.6 Å². The Morgan fingerprint density at radius 1 is 1.10 bits per heavy atom. The number of ether oxygens (including phenoxy) is 1. The Morgan fingerprint density at radius 3 is 2.53 bits per heavy atom. The van der Waals surface area contributed by atoms with Crippen LogP contribution in [0.3, 0.4) is 0 Å². The fraction of sp³-hybridized carbons (Fsp3) is 0.286. The van der Waals surface area contributed by atoms with Crippen LogP contribution < -0.4 is 9.64 Å². The Bertz CT molecular complexity index is 1110. The molecule has 6 nitrogen and oxygen atoms in total. The van der Waals surface area contributed by atoms with E-state index in [9.17, 15) is 12.8 Å². The third kappa shape index (κ3) is 4.48. The zero-order valence-corrected chi connectivity index (χ0v) is 18.1. The van der Waals surface area contributed by atoms with E-state index in [1.165, 1.54) is 28.6 Å². The molecule has 0 radical (unpaired) electrons. The molecule has 0 aliphatic carbocycles. The van der Waals surface area contributed by atoms with Crippen molar-refractivity contribution in [2.75, 3.05) is 38.2 Å². The van der Waals surface area contributed by atoms with Gasteiger partial charge in [0, 0.05) is 38.0 Å². The standard InChI is InChI=1S/C21H22FN3O3S2/c1-28-19-4-2-3-16(14-19)13-18-15-29-21(23-18)24-9-11-25(12-10-24)30(26,27)20-7-5-17(22)6-8-20/h2-8,14-15H,9-13H2,1H3. The summed E-state index contributed by atoms with van der Waals surface area (Å²) in [6.07, 6.45) is 0.715. The van der Waals surface area contributed by atoms with Gasteiger partial charge in [0.25, 0.3) is 0 Å². The molecule has 1 fully saturated rings. The van der Waals surface area contributed by atoms with Crippen LogP contribution in [0.5, 0.6) is 5.75 Å². The van der Waals surface area contributed by atoms with Crippen LogP contribution in [0.25, 0.3) is 0 Å². The van der Waals surface area contributed by atoms with Gasteiger partial charge in [-0.3, -0.25) is 0 Å². The molecule has 0 bridgehead atoms. The van der Waals surface area contributed by atoms with Crippen molar-refractivity contribution in [3.05, 3.63) is 71.0 Å².